The molecule has 96 valence electrons. The molecule has 5 heteroatoms. The highest BCUT2D eigenvalue weighted by Crippen LogP contribution is 2.26. The van der Waals surface area contributed by atoms with E-state index < -0.39 is 0 Å². The van der Waals surface area contributed by atoms with Gasteiger partial charge in [0.25, 0.3) is 0 Å². The molecule has 2 heterocycles. The van der Waals surface area contributed by atoms with E-state index in [1.165, 1.54) is 32.5 Å². The Hall–Kier alpha value is 0.160. The Morgan fingerprint density at radius 1 is 1.41 bits per heavy atom. The van der Waals surface area contributed by atoms with Crippen molar-refractivity contribution in [1.29, 1.82) is 0 Å². The Labute approximate surface area is 119 Å². The summed E-state index contributed by atoms with van der Waals surface area (Å²) in [6.07, 6.45) is 2.47. The van der Waals surface area contributed by atoms with E-state index in [1.807, 2.05) is 6.07 Å². The summed E-state index contributed by atoms with van der Waals surface area (Å²) in [6, 6.07) is 2.64. The Bertz CT molecular complexity index is 340. The predicted molar refractivity (Wildman–Crippen MR) is 76.1 cm³/mol. The molecule has 0 bridgehead atoms. The Morgan fingerprint density at radius 3 is 2.65 bits per heavy atom. The van der Waals surface area contributed by atoms with Gasteiger partial charge in [-0.05, 0) is 70.4 Å². The van der Waals surface area contributed by atoms with Gasteiger partial charge < -0.3 is 14.6 Å². The van der Waals surface area contributed by atoms with Crippen molar-refractivity contribution >= 4 is 31.9 Å². The van der Waals surface area contributed by atoms with Crippen LogP contribution in [0.15, 0.2) is 19.6 Å². The van der Waals surface area contributed by atoms with Gasteiger partial charge in [0.15, 0.2) is 4.67 Å². The molecule has 17 heavy (non-hydrogen) atoms. The SMILES string of the molecule is CCN1CCC(NCc2cc(Br)c(Br)o2)CC1. The van der Waals surface area contributed by atoms with Crippen molar-refractivity contribution < 1.29 is 4.42 Å². The maximum Gasteiger partial charge on any atom is 0.183 e. The number of piperidine rings is 1. The molecule has 0 atom stereocenters. The summed E-state index contributed by atoms with van der Waals surface area (Å²) >= 11 is 6.78. The first-order valence-corrected chi connectivity index (χ1v) is 7.67. The minimum absolute atomic E-state index is 0.625. The molecule has 1 fully saturated rings. The fourth-order valence-corrected chi connectivity index (χ4v) is 2.84. The van der Waals surface area contributed by atoms with E-state index in [2.05, 4.69) is 49.0 Å². The van der Waals surface area contributed by atoms with Crippen LogP contribution in [0, 0.1) is 0 Å². The molecule has 0 aliphatic carbocycles. The van der Waals surface area contributed by atoms with Crippen molar-refractivity contribution in [1.82, 2.24) is 10.2 Å². The molecule has 1 aromatic heterocycles. The molecule has 1 aromatic rings. The van der Waals surface area contributed by atoms with E-state index in [4.69, 9.17) is 4.42 Å². The van der Waals surface area contributed by atoms with E-state index >= 15 is 0 Å². The highest BCUT2D eigenvalue weighted by atomic mass is 79.9. The summed E-state index contributed by atoms with van der Waals surface area (Å²) in [5, 5.41) is 3.56. The normalized spacial score (nSPS) is 18.8. The minimum Gasteiger partial charge on any atom is -0.452 e. The van der Waals surface area contributed by atoms with Gasteiger partial charge >= 0.3 is 0 Å². The summed E-state index contributed by atoms with van der Waals surface area (Å²) in [4.78, 5) is 2.50. The zero-order valence-electron chi connectivity index (χ0n) is 10.0. The van der Waals surface area contributed by atoms with Crippen LogP contribution in [-0.4, -0.2) is 30.6 Å². The molecular weight excluding hydrogens is 348 g/mol. The van der Waals surface area contributed by atoms with Gasteiger partial charge in [0.2, 0.25) is 0 Å². The van der Waals surface area contributed by atoms with E-state index in [0.29, 0.717) is 6.04 Å². The Morgan fingerprint density at radius 2 is 2.12 bits per heavy atom. The van der Waals surface area contributed by atoms with Crippen LogP contribution >= 0.6 is 31.9 Å². The molecule has 0 amide bonds. The lowest BCUT2D eigenvalue weighted by Crippen LogP contribution is -2.42. The first kappa shape index (κ1) is 13.6. The number of halogens is 2. The smallest absolute Gasteiger partial charge is 0.183 e. The second-order valence-corrected chi connectivity index (χ2v) is 6.00. The summed E-state index contributed by atoms with van der Waals surface area (Å²) in [6.45, 7) is 6.62. The maximum atomic E-state index is 5.54. The minimum atomic E-state index is 0.625. The average molecular weight is 366 g/mol. The summed E-state index contributed by atoms with van der Waals surface area (Å²) in [5.41, 5.74) is 0. The van der Waals surface area contributed by atoms with Crippen LogP contribution in [-0.2, 0) is 6.54 Å². The van der Waals surface area contributed by atoms with Crippen molar-refractivity contribution in [2.45, 2.75) is 32.4 Å². The van der Waals surface area contributed by atoms with Gasteiger partial charge in [-0.1, -0.05) is 6.92 Å². The predicted octanol–water partition coefficient (Wildman–Crippen LogP) is 3.38. The molecule has 0 saturated carbocycles. The second kappa shape index (κ2) is 6.36. The van der Waals surface area contributed by atoms with Crippen LogP contribution in [0.5, 0.6) is 0 Å². The lowest BCUT2D eigenvalue weighted by molar-refractivity contribution is 0.204. The van der Waals surface area contributed by atoms with Crippen molar-refractivity contribution in [3.05, 3.63) is 21.0 Å². The fraction of sp³-hybridized carbons (Fsp3) is 0.667. The van der Waals surface area contributed by atoms with Gasteiger partial charge in [0.05, 0.1) is 11.0 Å². The van der Waals surface area contributed by atoms with E-state index in [9.17, 15) is 0 Å². The monoisotopic (exact) mass is 364 g/mol. The third kappa shape index (κ3) is 3.81. The highest BCUT2D eigenvalue weighted by molar-refractivity contribution is 9.13. The number of likely N-dealkylation sites (tertiary alicyclic amines) is 1. The largest absolute Gasteiger partial charge is 0.452 e. The molecule has 0 radical (unpaired) electrons. The van der Waals surface area contributed by atoms with Gasteiger partial charge in [0.1, 0.15) is 5.76 Å². The Balaban J connectivity index is 1.75. The summed E-state index contributed by atoms with van der Waals surface area (Å²) < 4.78 is 7.30. The molecule has 1 aliphatic rings. The second-order valence-electron chi connectivity index (χ2n) is 4.42. The third-order valence-corrected chi connectivity index (χ3v) is 5.01. The first-order chi connectivity index (χ1) is 8.19. The molecule has 0 spiro atoms. The van der Waals surface area contributed by atoms with Crippen molar-refractivity contribution in [2.24, 2.45) is 0 Å². The van der Waals surface area contributed by atoms with Crippen LogP contribution in [0.25, 0.3) is 0 Å². The van der Waals surface area contributed by atoms with Gasteiger partial charge in [-0.2, -0.15) is 0 Å². The van der Waals surface area contributed by atoms with Crippen molar-refractivity contribution in [3.8, 4) is 0 Å². The zero-order chi connectivity index (χ0) is 12.3. The number of rotatable bonds is 4. The average Bonchev–Trinajstić information content (AvgIpc) is 2.67. The number of nitrogens with one attached hydrogen (secondary N) is 1. The van der Waals surface area contributed by atoms with E-state index in [1.54, 1.807) is 0 Å². The zero-order valence-corrected chi connectivity index (χ0v) is 13.2. The lowest BCUT2D eigenvalue weighted by Gasteiger charge is -2.31. The first-order valence-electron chi connectivity index (χ1n) is 6.08. The van der Waals surface area contributed by atoms with Gasteiger partial charge in [-0.25, -0.2) is 0 Å². The number of hydrogen-bond acceptors (Lipinski definition) is 3. The molecule has 2 rings (SSSR count). The molecule has 1 N–H and O–H groups in total. The van der Waals surface area contributed by atoms with Crippen LogP contribution in [0.3, 0.4) is 0 Å². The Kier molecular flexibility index (Phi) is 5.09. The molecular formula is C12H18Br2N2O. The van der Waals surface area contributed by atoms with Crippen LogP contribution in [0.4, 0.5) is 0 Å². The molecule has 3 nitrogen and oxygen atoms in total. The van der Waals surface area contributed by atoms with Gasteiger partial charge in [0, 0.05) is 6.04 Å². The maximum absolute atomic E-state index is 5.54. The molecule has 0 unspecified atom stereocenters. The molecule has 1 aliphatic heterocycles. The van der Waals surface area contributed by atoms with E-state index in [-0.39, 0.29) is 0 Å². The number of furan rings is 1. The summed E-state index contributed by atoms with van der Waals surface area (Å²) in [7, 11) is 0. The molecule has 1 saturated heterocycles. The van der Waals surface area contributed by atoms with Crippen molar-refractivity contribution in [3.63, 3.8) is 0 Å². The van der Waals surface area contributed by atoms with Crippen LogP contribution < -0.4 is 5.32 Å². The third-order valence-electron chi connectivity index (χ3n) is 3.30. The standard InChI is InChI=1S/C12H18Br2N2O/c1-2-16-5-3-9(4-6-16)15-8-10-7-11(13)12(14)17-10/h7,9,15H,2-6,8H2,1H3. The van der Waals surface area contributed by atoms with Gasteiger partial charge in [-0.15, -0.1) is 0 Å². The topological polar surface area (TPSA) is 28.4 Å². The van der Waals surface area contributed by atoms with E-state index in [0.717, 1.165) is 21.4 Å². The van der Waals surface area contributed by atoms with Crippen molar-refractivity contribution in [2.75, 3.05) is 19.6 Å². The number of nitrogens with zero attached hydrogens (tertiary/aromatic N) is 1. The lowest BCUT2D eigenvalue weighted by atomic mass is 10.1. The number of hydrogen-bond donors (Lipinski definition) is 1. The van der Waals surface area contributed by atoms with Crippen LogP contribution in [0.1, 0.15) is 25.5 Å². The quantitative estimate of drug-likeness (QED) is 0.886. The molecule has 0 aromatic carbocycles. The summed E-state index contributed by atoms with van der Waals surface area (Å²) in [5.74, 6) is 0.974. The highest BCUT2D eigenvalue weighted by Gasteiger charge is 2.17. The fourth-order valence-electron chi connectivity index (χ4n) is 2.18. The van der Waals surface area contributed by atoms with Gasteiger partial charge in [-0.3, -0.25) is 0 Å². The van der Waals surface area contributed by atoms with Crippen LogP contribution in [0.2, 0.25) is 0 Å².